The lowest BCUT2D eigenvalue weighted by Gasteiger charge is -2.15. The zero-order valence-electron chi connectivity index (χ0n) is 9.04. The van der Waals surface area contributed by atoms with Crippen molar-refractivity contribution in [2.45, 2.75) is 44.6 Å². The molecule has 1 heterocycles. The minimum atomic E-state index is 0.443. The topological polar surface area (TPSA) is 9.23 Å². The summed E-state index contributed by atoms with van der Waals surface area (Å²) in [5.41, 5.74) is 1.35. The van der Waals surface area contributed by atoms with Crippen LogP contribution in [0.4, 0.5) is 0 Å². The fraction of sp³-hybridized carbons (Fsp3) is 0.571. The molecule has 0 amide bonds. The van der Waals surface area contributed by atoms with Crippen molar-refractivity contribution in [3.05, 3.63) is 29.8 Å². The second-order valence-electron chi connectivity index (χ2n) is 4.86. The van der Waals surface area contributed by atoms with E-state index in [0.29, 0.717) is 6.10 Å². The fourth-order valence-electron chi connectivity index (χ4n) is 2.94. The van der Waals surface area contributed by atoms with Gasteiger partial charge in [0.15, 0.2) is 0 Å². The maximum absolute atomic E-state index is 5.95. The van der Waals surface area contributed by atoms with Crippen molar-refractivity contribution in [2.24, 2.45) is 5.92 Å². The van der Waals surface area contributed by atoms with Gasteiger partial charge in [-0.1, -0.05) is 31.7 Å². The molecule has 1 unspecified atom stereocenters. The summed E-state index contributed by atoms with van der Waals surface area (Å²) in [6.45, 7) is 0. The summed E-state index contributed by atoms with van der Waals surface area (Å²) in [6, 6.07) is 9.19. The SMILES string of the molecule is [c]1ccc2c(c1)CC(CC1CCCC1)O2. The Morgan fingerprint density at radius 2 is 2.20 bits per heavy atom. The molecule has 0 aromatic heterocycles. The van der Waals surface area contributed by atoms with Gasteiger partial charge in [0.1, 0.15) is 11.9 Å². The van der Waals surface area contributed by atoms with E-state index in [9.17, 15) is 0 Å². The Morgan fingerprint density at radius 1 is 1.33 bits per heavy atom. The summed E-state index contributed by atoms with van der Waals surface area (Å²) < 4.78 is 5.95. The van der Waals surface area contributed by atoms with Crippen LogP contribution < -0.4 is 4.74 Å². The van der Waals surface area contributed by atoms with Gasteiger partial charge in [-0.05, 0) is 36.1 Å². The molecule has 1 aromatic rings. The van der Waals surface area contributed by atoms with Crippen LogP contribution in [-0.2, 0) is 6.42 Å². The van der Waals surface area contributed by atoms with Crippen LogP contribution in [0.1, 0.15) is 37.7 Å². The highest BCUT2D eigenvalue weighted by atomic mass is 16.5. The molecule has 1 fully saturated rings. The highest BCUT2D eigenvalue weighted by Crippen LogP contribution is 2.35. The minimum absolute atomic E-state index is 0.443. The Hall–Kier alpha value is -0.980. The van der Waals surface area contributed by atoms with Crippen LogP contribution in [0.2, 0.25) is 0 Å². The third-order valence-corrected chi connectivity index (χ3v) is 3.72. The summed E-state index contributed by atoms with van der Waals surface area (Å²) in [6.07, 6.45) is 8.50. The van der Waals surface area contributed by atoms with Gasteiger partial charge in [0.05, 0.1) is 0 Å². The number of ether oxygens (including phenoxy) is 1. The van der Waals surface area contributed by atoms with Crippen molar-refractivity contribution in [1.82, 2.24) is 0 Å². The van der Waals surface area contributed by atoms with E-state index in [0.717, 1.165) is 18.1 Å². The zero-order chi connectivity index (χ0) is 10.1. The van der Waals surface area contributed by atoms with Gasteiger partial charge in [-0.15, -0.1) is 0 Å². The van der Waals surface area contributed by atoms with Gasteiger partial charge in [-0.2, -0.15) is 0 Å². The Kier molecular flexibility index (Phi) is 2.40. The predicted molar refractivity (Wildman–Crippen MR) is 60.0 cm³/mol. The van der Waals surface area contributed by atoms with Crippen LogP contribution in [-0.4, -0.2) is 6.10 Å². The van der Waals surface area contributed by atoms with Crippen molar-refractivity contribution in [2.75, 3.05) is 0 Å². The first-order valence-electron chi connectivity index (χ1n) is 6.07. The number of benzene rings is 1. The van der Waals surface area contributed by atoms with Crippen molar-refractivity contribution in [1.29, 1.82) is 0 Å². The maximum Gasteiger partial charge on any atom is 0.123 e. The van der Waals surface area contributed by atoms with Crippen molar-refractivity contribution >= 4 is 0 Å². The van der Waals surface area contributed by atoms with Crippen molar-refractivity contribution < 1.29 is 4.74 Å². The van der Waals surface area contributed by atoms with Crippen LogP contribution in [0, 0.1) is 12.0 Å². The summed E-state index contributed by atoms with van der Waals surface area (Å²) in [5, 5.41) is 0. The van der Waals surface area contributed by atoms with Crippen LogP contribution in [0.25, 0.3) is 0 Å². The second-order valence-corrected chi connectivity index (χ2v) is 4.86. The lowest BCUT2D eigenvalue weighted by Crippen LogP contribution is -2.16. The van der Waals surface area contributed by atoms with Crippen molar-refractivity contribution in [3.63, 3.8) is 0 Å². The number of rotatable bonds is 2. The monoisotopic (exact) mass is 201 g/mol. The van der Waals surface area contributed by atoms with Crippen LogP contribution in [0.3, 0.4) is 0 Å². The van der Waals surface area contributed by atoms with E-state index in [1.54, 1.807) is 0 Å². The van der Waals surface area contributed by atoms with E-state index in [4.69, 9.17) is 4.74 Å². The smallest absolute Gasteiger partial charge is 0.123 e. The number of hydrogen-bond acceptors (Lipinski definition) is 1. The molecule has 0 saturated heterocycles. The number of fused-ring (bicyclic) bond motifs is 1. The molecule has 0 bridgehead atoms. The van der Waals surface area contributed by atoms with E-state index in [2.05, 4.69) is 12.1 Å². The molecule has 1 nitrogen and oxygen atoms in total. The zero-order valence-corrected chi connectivity index (χ0v) is 9.04. The molecule has 0 spiro atoms. The molecule has 1 heteroatoms. The first kappa shape index (κ1) is 9.26. The van der Waals surface area contributed by atoms with Gasteiger partial charge in [0.25, 0.3) is 0 Å². The molecule has 1 aliphatic carbocycles. The molecule has 1 aromatic carbocycles. The Bertz CT molecular complexity index is 314. The van der Waals surface area contributed by atoms with E-state index in [1.807, 2.05) is 12.1 Å². The third kappa shape index (κ3) is 1.88. The van der Waals surface area contributed by atoms with Crippen LogP contribution in [0.5, 0.6) is 5.75 Å². The molecule has 3 rings (SSSR count). The molecule has 79 valence electrons. The maximum atomic E-state index is 5.95. The Labute approximate surface area is 91.5 Å². The Balaban J connectivity index is 1.63. The third-order valence-electron chi connectivity index (χ3n) is 3.72. The van der Waals surface area contributed by atoms with Gasteiger partial charge >= 0.3 is 0 Å². The molecular formula is C14H17O. The molecule has 0 N–H and O–H groups in total. The normalized spacial score (nSPS) is 25.2. The average molecular weight is 201 g/mol. The molecule has 1 aliphatic heterocycles. The summed E-state index contributed by atoms with van der Waals surface area (Å²) in [4.78, 5) is 0. The van der Waals surface area contributed by atoms with E-state index in [-0.39, 0.29) is 0 Å². The van der Waals surface area contributed by atoms with Gasteiger partial charge in [0, 0.05) is 6.42 Å². The van der Waals surface area contributed by atoms with Gasteiger partial charge < -0.3 is 4.74 Å². The predicted octanol–water partition coefficient (Wildman–Crippen LogP) is 3.37. The number of hydrogen-bond donors (Lipinski definition) is 0. The summed E-state index contributed by atoms with van der Waals surface area (Å²) in [7, 11) is 0. The Morgan fingerprint density at radius 3 is 3.00 bits per heavy atom. The standard InChI is InChI=1S/C14H17O/c1-2-6-11(5-1)9-13-10-12-7-3-4-8-14(12)15-13/h4,7-8,11,13H,1-2,5-6,9-10H2. The van der Waals surface area contributed by atoms with Crippen molar-refractivity contribution in [3.8, 4) is 5.75 Å². The summed E-state index contributed by atoms with van der Waals surface area (Å²) >= 11 is 0. The molecular weight excluding hydrogens is 184 g/mol. The first-order valence-corrected chi connectivity index (χ1v) is 6.07. The molecule has 2 aliphatic rings. The van der Waals surface area contributed by atoms with Gasteiger partial charge in [-0.3, -0.25) is 0 Å². The quantitative estimate of drug-likeness (QED) is 0.712. The largest absolute Gasteiger partial charge is 0.490 e. The lowest BCUT2D eigenvalue weighted by molar-refractivity contribution is 0.194. The first-order chi connectivity index (χ1) is 7.42. The van der Waals surface area contributed by atoms with Crippen LogP contribution in [0.15, 0.2) is 18.2 Å². The van der Waals surface area contributed by atoms with Gasteiger partial charge in [0.2, 0.25) is 0 Å². The average Bonchev–Trinajstić information content (AvgIpc) is 2.86. The van der Waals surface area contributed by atoms with E-state index in [1.165, 1.54) is 37.7 Å². The van der Waals surface area contributed by atoms with Gasteiger partial charge in [-0.25, -0.2) is 0 Å². The summed E-state index contributed by atoms with van der Waals surface area (Å²) in [5.74, 6) is 2.02. The second kappa shape index (κ2) is 3.88. The minimum Gasteiger partial charge on any atom is -0.490 e. The molecule has 1 saturated carbocycles. The molecule has 15 heavy (non-hydrogen) atoms. The molecule has 1 radical (unpaired) electrons. The molecule has 1 atom stereocenters. The van der Waals surface area contributed by atoms with Crippen LogP contribution >= 0.6 is 0 Å². The highest BCUT2D eigenvalue weighted by Gasteiger charge is 2.26. The highest BCUT2D eigenvalue weighted by molar-refractivity contribution is 5.36. The lowest BCUT2D eigenvalue weighted by atomic mass is 9.97. The fourth-order valence-corrected chi connectivity index (χ4v) is 2.94. The van der Waals surface area contributed by atoms with E-state index < -0.39 is 0 Å². The van der Waals surface area contributed by atoms with E-state index >= 15 is 0 Å².